The lowest BCUT2D eigenvalue weighted by Crippen LogP contribution is -2.43. The van der Waals surface area contributed by atoms with E-state index >= 15 is 0 Å². The largest absolute Gasteiger partial charge is 0.380 e. The van der Waals surface area contributed by atoms with E-state index in [0.29, 0.717) is 6.61 Å². The molecular formula is C14H25NO2. The topological polar surface area (TPSA) is 29.5 Å². The summed E-state index contributed by atoms with van der Waals surface area (Å²) in [7, 11) is 0. The monoisotopic (exact) mass is 239 g/mol. The third kappa shape index (κ3) is 3.29. The fraction of sp³-hybridized carbons (Fsp3) is 0.929. The number of carbonyl (C=O) groups is 1. The number of aldehydes is 1. The van der Waals surface area contributed by atoms with Crippen molar-refractivity contribution in [3.8, 4) is 0 Å². The molecule has 98 valence electrons. The van der Waals surface area contributed by atoms with Crippen LogP contribution in [0.1, 0.15) is 39.0 Å². The van der Waals surface area contributed by atoms with Crippen LogP contribution in [0.25, 0.3) is 0 Å². The quantitative estimate of drug-likeness (QED) is 0.688. The number of hydrogen-bond donors (Lipinski definition) is 0. The minimum absolute atomic E-state index is 0.209. The number of likely N-dealkylation sites (tertiary alicyclic amines) is 1. The first-order valence-electron chi connectivity index (χ1n) is 7.04. The Morgan fingerprint density at radius 2 is 2.41 bits per heavy atom. The van der Waals surface area contributed by atoms with Crippen LogP contribution in [-0.2, 0) is 9.53 Å². The fourth-order valence-electron chi connectivity index (χ4n) is 3.27. The molecule has 0 saturated carbocycles. The highest BCUT2D eigenvalue weighted by Gasteiger charge is 2.36. The molecule has 0 aromatic heterocycles. The molecule has 0 N–H and O–H groups in total. The van der Waals surface area contributed by atoms with E-state index < -0.39 is 0 Å². The zero-order valence-electron chi connectivity index (χ0n) is 11.0. The molecule has 2 aliphatic rings. The molecule has 0 spiro atoms. The SMILES string of the molecule is CCCC1CCN(CC2(C=O)CCCOC2)C1. The summed E-state index contributed by atoms with van der Waals surface area (Å²) in [6.07, 6.45) is 7.11. The van der Waals surface area contributed by atoms with E-state index in [0.717, 1.165) is 38.2 Å². The molecule has 2 fully saturated rings. The lowest BCUT2D eigenvalue weighted by Gasteiger charge is -2.35. The van der Waals surface area contributed by atoms with E-state index in [2.05, 4.69) is 11.8 Å². The molecule has 2 heterocycles. The van der Waals surface area contributed by atoms with Gasteiger partial charge in [0, 0.05) is 19.7 Å². The van der Waals surface area contributed by atoms with Crippen molar-refractivity contribution in [2.45, 2.75) is 39.0 Å². The van der Waals surface area contributed by atoms with Crippen molar-refractivity contribution in [2.75, 3.05) is 32.8 Å². The van der Waals surface area contributed by atoms with Crippen LogP contribution in [-0.4, -0.2) is 44.0 Å². The first-order chi connectivity index (χ1) is 8.28. The molecule has 17 heavy (non-hydrogen) atoms. The van der Waals surface area contributed by atoms with E-state index in [1.807, 2.05) is 0 Å². The molecule has 3 nitrogen and oxygen atoms in total. The zero-order valence-corrected chi connectivity index (χ0v) is 11.0. The van der Waals surface area contributed by atoms with Gasteiger partial charge in [-0.1, -0.05) is 13.3 Å². The van der Waals surface area contributed by atoms with Gasteiger partial charge in [-0.25, -0.2) is 0 Å². The van der Waals surface area contributed by atoms with Crippen LogP contribution in [0.15, 0.2) is 0 Å². The van der Waals surface area contributed by atoms with Crippen LogP contribution < -0.4 is 0 Å². The highest BCUT2D eigenvalue weighted by molar-refractivity contribution is 5.60. The number of nitrogens with zero attached hydrogens (tertiary/aromatic N) is 1. The Bertz CT molecular complexity index is 249. The predicted molar refractivity (Wildman–Crippen MR) is 68.0 cm³/mol. The van der Waals surface area contributed by atoms with Gasteiger partial charge in [-0.15, -0.1) is 0 Å². The molecule has 0 bridgehead atoms. The van der Waals surface area contributed by atoms with Crippen LogP contribution in [0.4, 0.5) is 0 Å². The second kappa shape index (κ2) is 5.96. The minimum atomic E-state index is -0.209. The summed E-state index contributed by atoms with van der Waals surface area (Å²) >= 11 is 0. The van der Waals surface area contributed by atoms with Crippen LogP contribution >= 0.6 is 0 Å². The van der Waals surface area contributed by atoms with Crippen LogP contribution in [0.2, 0.25) is 0 Å². The molecule has 0 amide bonds. The van der Waals surface area contributed by atoms with Gasteiger partial charge in [0.1, 0.15) is 6.29 Å². The van der Waals surface area contributed by atoms with Gasteiger partial charge in [0.05, 0.1) is 12.0 Å². The van der Waals surface area contributed by atoms with Gasteiger partial charge >= 0.3 is 0 Å². The van der Waals surface area contributed by atoms with Crippen LogP contribution in [0, 0.1) is 11.3 Å². The van der Waals surface area contributed by atoms with Crippen molar-refractivity contribution in [3.63, 3.8) is 0 Å². The zero-order chi connectivity index (χ0) is 12.1. The fourth-order valence-corrected chi connectivity index (χ4v) is 3.27. The third-order valence-electron chi connectivity index (χ3n) is 4.21. The predicted octanol–water partition coefficient (Wildman–Crippen LogP) is 2.10. The highest BCUT2D eigenvalue weighted by atomic mass is 16.5. The second-order valence-electron chi connectivity index (χ2n) is 5.81. The summed E-state index contributed by atoms with van der Waals surface area (Å²) in [5, 5.41) is 0. The Labute approximate surface area is 105 Å². The summed E-state index contributed by atoms with van der Waals surface area (Å²) in [5.41, 5.74) is -0.209. The first kappa shape index (κ1) is 13.0. The standard InChI is InChI=1S/C14H25NO2/c1-2-4-13-5-7-15(9-13)10-14(11-16)6-3-8-17-12-14/h11,13H,2-10,12H2,1H3. The molecule has 2 aliphatic heterocycles. The van der Waals surface area contributed by atoms with Crippen molar-refractivity contribution in [2.24, 2.45) is 11.3 Å². The molecule has 0 aliphatic carbocycles. The molecule has 0 aromatic rings. The number of carbonyl (C=O) groups excluding carboxylic acids is 1. The number of rotatable bonds is 5. The molecule has 2 saturated heterocycles. The van der Waals surface area contributed by atoms with E-state index in [-0.39, 0.29) is 5.41 Å². The maximum absolute atomic E-state index is 11.4. The molecule has 2 rings (SSSR count). The number of hydrogen-bond acceptors (Lipinski definition) is 3. The normalized spacial score (nSPS) is 35.0. The average Bonchev–Trinajstić information content (AvgIpc) is 2.78. The lowest BCUT2D eigenvalue weighted by molar-refractivity contribution is -0.125. The van der Waals surface area contributed by atoms with Crippen molar-refractivity contribution >= 4 is 6.29 Å². The average molecular weight is 239 g/mol. The molecule has 3 heteroatoms. The van der Waals surface area contributed by atoms with E-state index in [4.69, 9.17) is 4.74 Å². The van der Waals surface area contributed by atoms with Gasteiger partial charge in [-0.05, 0) is 38.1 Å². The second-order valence-corrected chi connectivity index (χ2v) is 5.81. The van der Waals surface area contributed by atoms with Gasteiger partial charge in [0.15, 0.2) is 0 Å². The van der Waals surface area contributed by atoms with E-state index in [9.17, 15) is 4.79 Å². The lowest BCUT2D eigenvalue weighted by atomic mass is 9.83. The van der Waals surface area contributed by atoms with Gasteiger partial charge in [0.2, 0.25) is 0 Å². The summed E-state index contributed by atoms with van der Waals surface area (Å²) in [4.78, 5) is 13.8. The third-order valence-corrected chi connectivity index (χ3v) is 4.21. The van der Waals surface area contributed by atoms with E-state index in [1.54, 1.807) is 0 Å². The molecule has 0 aromatic carbocycles. The summed E-state index contributed by atoms with van der Waals surface area (Å²) in [6.45, 7) is 6.98. The van der Waals surface area contributed by atoms with Crippen molar-refractivity contribution in [1.29, 1.82) is 0 Å². The van der Waals surface area contributed by atoms with Crippen molar-refractivity contribution < 1.29 is 9.53 Å². The summed E-state index contributed by atoms with van der Waals surface area (Å²) < 4.78 is 5.50. The molecular weight excluding hydrogens is 214 g/mol. The van der Waals surface area contributed by atoms with Crippen LogP contribution in [0.5, 0.6) is 0 Å². The highest BCUT2D eigenvalue weighted by Crippen LogP contribution is 2.30. The Kier molecular flexibility index (Phi) is 4.57. The van der Waals surface area contributed by atoms with Crippen molar-refractivity contribution in [3.05, 3.63) is 0 Å². The summed E-state index contributed by atoms with van der Waals surface area (Å²) in [6, 6.07) is 0. The van der Waals surface area contributed by atoms with Gasteiger partial charge in [0.25, 0.3) is 0 Å². The molecule has 2 atom stereocenters. The van der Waals surface area contributed by atoms with Gasteiger partial charge in [-0.3, -0.25) is 0 Å². The Balaban J connectivity index is 1.85. The van der Waals surface area contributed by atoms with Gasteiger partial charge < -0.3 is 14.4 Å². The maximum atomic E-state index is 11.4. The van der Waals surface area contributed by atoms with Crippen molar-refractivity contribution in [1.82, 2.24) is 4.90 Å². The smallest absolute Gasteiger partial charge is 0.129 e. The molecule has 0 radical (unpaired) electrons. The first-order valence-corrected chi connectivity index (χ1v) is 7.04. The van der Waals surface area contributed by atoms with Crippen LogP contribution in [0.3, 0.4) is 0 Å². The Morgan fingerprint density at radius 1 is 1.53 bits per heavy atom. The van der Waals surface area contributed by atoms with E-state index in [1.165, 1.54) is 32.4 Å². The number of ether oxygens (including phenoxy) is 1. The maximum Gasteiger partial charge on any atom is 0.129 e. The summed E-state index contributed by atoms with van der Waals surface area (Å²) in [5.74, 6) is 0.855. The molecule has 2 unspecified atom stereocenters. The van der Waals surface area contributed by atoms with Gasteiger partial charge in [-0.2, -0.15) is 0 Å². The minimum Gasteiger partial charge on any atom is -0.380 e. The Hall–Kier alpha value is -0.410. The Morgan fingerprint density at radius 3 is 3.06 bits per heavy atom.